The van der Waals surface area contributed by atoms with Crippen molar-refractivity contribution in [1.82, 2.24) is 19.3 Å². The molecule has 0 amide bonds. The van der Waals surface area contributed by atoms with E-state index in [1.807, 2.05) is 36.4 Å². The third kappa shape index (κ3) is 4.82. The number of carboxylic acids is 1. The molecule has 40 heavy (non-hydrogen) atoms. The lowest BCUT2D eigenvalue weighted by Gasteiger charge is -2.38. The van der Waals surface area contributed by atoms with E-state index in [1.54, 1.807) is 21.6 Å². The Labute approximate surface area is 231 Å². The number of rotatable bonds is 7. The summed E-state index contributed by atoms with van der Waals surface area (Å²) in [5.74, 6) is -1.24. The molecular weight excluding hydrogens is 504 g/mol. The number of piperazine rings is 1. The van der Waals surface area contributed by atoms with E-state index >= 15 is 0 Å². The zero-order chi connectivity index (χ0) is 27.6. The average molecular weight is 535 g/mol. The Hall–Kier alpha value is -4.92. The molecule has 0 unspecified atom stereocenters. The monoisotopic (exact) mass is 534 g/mol. The predicted octanol–water partition coefficient (Wildman–Crippen LogP) is 4.22. The Bertz CT molecular complexity index is 1720. The third-order valence-electron chi connectivity index (χ3n) is 7.60. The minimum absolute atomic E-state index is 0.254. The molecule has 3 heterocycles. The van der Waals surface area contributed by atoms with Crippen LogP contribution in [0.25, 0.3) is 16.6 Å². The van der Waals surface area contributed by atoms with Gasteiger partial charge in [0.25, 0.3) is 0 Å². The highest BCUT2D eigenvalue weighted by molar-refractivity contribution is 5.94. The molecule has 9 heteroatoms. The molecule has 1 fully saturated rings. The zero-order valence-electron chi connectivity index (χ0n) is 22.3. The van der Waals surface area contributed by atoms with Crippen LogP contribution < -0.4 is 15.2 Å². The van der Waals surface area contributed by atoms with E-state index in [0.29, 0.717) is 17.4 Å². The van der Waals surface area contributed by atoms with Crippen molar-refractivity contribution in [3.05, 3.63) is 112 Å². The number of aromatic nitrogens is 4. The standard InChI is InChI=1S/C31H30N6O3/c1-2-23-5-3-4-6-28(23)35-15-13-34(14-16-35)25-11-12-26-29(17-25)37(19-27(30(26)38)31(39)40)24-9-7-22(8-10-24)18-36-21-32-20-33-36/h3-12,17,19-21H,2,13-16,18H2,1H3,(H,39,40). The summed E-state index contributed by atoms with van der Waals surface area (Å²) >= 11 is 0. The van der Waals surface area contributed by atoms with Gasteiger partial charge in [-0.25, -0.2) is 14.5 Å². The summed E-state index contributed by atoms with van der Waals surface area (Å²) in [5, 5.41) is 14.3. The quantitative estimate of drug-likeness (QED) is 0.334. The van der Waals surface area contributed by atoms with Crippen LogP contribution in [0.5, 0.6) is 0 Å². The number of fused-ring (bicyclic) bond motifs is 1. The van der Waals surface area contributed by atoms with Crippen molar-refractivity contribution in [3.8, 4) is 5.69 Å². The summed E-state index contributed by atoms with van der Waals surface area (Å²) in [6.45, 7) is 6.24. The number of aromatic carboxylic acids is 1. The second kappa shape index (κ2) is 10.7. The highest BCUT2D eigenvalue weighted by Crippen LogP contribution is 2.27. The topological polar surface area (TPSA) is 96.5 Å². The number of carboxylic acid groups (broad SMARTS) is 1. The van der Waals surface area contributed by atoms with Crippen LogP contribution in [0.4, 0.5) is 11.4 Å². The van der Waals surface area contributed by atoms with Gasteiger partial charge in [0.1, 0.15) is 18.2 Å². The first-order chi connectivity index (χ1) is 19.5. The lowest BCUT2D eigenvalue weighted by atomic mass is 10.1. The van der Waals surface area contributed by atoms with Gasteiger partial charge >= 0.3 is 5.97 Å². The largest absolute Gasteiger partial charge is 0.477 e. The lowest BCUT2D eigenvalue weighted by Crippen LogP contribution is -2.46. The van der Waals surface area contributed by atoms with Crippen LogP contribution in [0.2, 0.25) is 0 Å². The number of nitrogens with zero attached hydrogens (tertiary/aromatic N) is 6. The Morgan fingerprint density at radius 2 is 1.65 bits per heavy atom. The molecule has 9 nitrogen and oxygen atoms in total. The van der Waals surface area contributed by atoms with Crippen molar-refractivity contribution in [2.45, 2.75) is 19.9 Å². The minimum Gasteiger partial charge on any atom is -0.477 e. The van der Waals surface area contributed by atoms with Crippen LogP contribution >= 0.6 is 0 Å². The number of hydrogen-bond acceptors (Lipinski definition) is 6. The molecule has 6 rings (SSSR count). The second-order valence-electron chi connectivity index (χ2n) is 9.96. The summed E-state index contributed by atoms with van der Waals surface area (Å²) < 4.78 is 3.54. The summed E-state index contributed by atoms with van der Waals surface area (Å²) in [4.78, 5) is 33.8. The smallest absolute Gasteiger partial charge is 0.341 e. The van der Waals surface area contributed by atoms with Crippen LogP contribution in [-0.4, -0.2) is 56.6 Å². The molecule has 0 bridgehead atoms. The van der Waals surface area contributed by atoms with Gasteiger partial charge in [-0.2, -0.15) is 5.10 Å². The number of benzene rings is 3. The van der Waals surface area contributed by atoms with E-state index < -0.39 is 11.4 Å². The van der Waals surface area contributed by atoms with Crippen LogP contribution in [0.15, 0.2) is 90.4 Å². The number of carbonyl (C=O) groups is 1. The van der Waals surface area contributed by atoms with Gasteiger partial charge in [-0.05, 0) is 53.9 Å². The summed E-state index contributed by atoms with van der Waals surface area (Å²) in [7, 11) is 0. The average Bonchev–Trinajstić information content (AvgIpc) is 3.51. The number of para-hydroxylation sites is 1. The van der Waals surface area contributed by atoms with Gasteiger partial charge in [-0.15, -0.1) is 0 Å². The van der Waals surface area contributed by atoms with Gasteiger partial charge in [-0.3, -0.25) is 4.79 Å². The highest BCUT2D eigenvalue weighted by Gasteiger charge is 2.21. The summed E-state index contributed by atoms with van der Waals surface area (Å²) in [6, 6.07) is 22.1. The first kappa shape index (κ1) is 25.4. The molecule has 0 atom stereocenters. The molecule has 3 aromatic carbocycles. The molecule has 1 saturated heterocycles. The number of pyridine rings is 1. The molecule has 2 aromatic heterocycles. The Morgan fingerprint density at radius 1 is 0.925 bits per heavy atom. The van der Waals surface area contributed by atoms with Gasteiger partial charge in [0.05, 0.1) is 12.1 Å². The third-order valence-corrected chi connectivity index (χ3v) is 7.60. The van der Waals surface area contributed by atoms with E-state index in [4.69, 9.17) is 0 Å². The zero-order valence-corrected chi connectivity index (χ0v) is 22.3. The van der Waals surface area contributed by atoms with Crippen molar-refractivity contribution in [2.24, 2.45) is 0 Å². The van der Waals surface area contributed by atoms with Crippen LogP contribution in [0, 0.1) is 0 Å². The fourth-order valence-corrected chi connectivity index (χ4v) is 5.46. The number of anilines is 2. The van der Waals surface area contributed by atoms with Gasteiger partial charge in [0.2, 0.25) is 5.43 Å². The van der Waals surface area contributed by atoms with Crippen LogP contribution in [0.3, 0.4) is 0 Å². The fraction of sp³-hybridized carbons (Fsp3) is 0.226. The van der Waals surface area contributed by atoms with Gasteiger partial charge < -0.3 is 19.5 Å². The van der Waals surface area contributed by atoms with E-state index in [1.165, 1.54) is 23.8 Å². The van der Waals surface area contributed by atoms with Gasteiger partial charge in [-0.1, -0.05) is 37.3 Å². The van der Waals surface area contributed by atoms with E-state index in [-0.39, 0.29) is 5.56 Å². The molecule has 202 valence electrons. The van der Waals surface area contributed by atoms with E-state index in [2.05, 4.69) is 51.1 Å². The predicted molar refractivity (Wildman–Crippen MR) is 156 cm³/mol. The Kier molecular flexibility index (Phi) is 6.77. The maximum absolute atomic E-state index is 13.1. The Balaban J connectivity index is 1.33. The second-order valence-corrected chi connectivity index (χ2v) is 9.96. The maximum atomic E-state index is 13.1. The van der Waals surface area contributed by atoms with Crippen molar-refractivity contribution < 1.29 is 9.90 Å². The van der Waals surface area contributed by atoms with Crippen molar-refractivity contribution in [2.75, 3.05) is 36.0 Å². The van der Waals surface area contributed by atoms with Crippen molar-refractivity contribution in [1.29, 1.82) is 0 Å². The van der Waals surface area contributed by atoms with E-state index in [0.717, 1.165) is 49.5 Å². The molecule has 1 N–H and O–H groups in total. The fourth-order valence-electron chi connectivity index (χ4n) is 5.46. The van der Waals surface area contributed by atoms with Gasteiger partial charge in [0.15, 0.2) is 0 Å². The highest BCUT2D eigenvalue weighted by atomic mass is 16.4. The normalized spacial score (nSPS) is 13.6. The first-order valence-electron chi connectivity index (χ1n) is 13.4. The lowest BCUT2D eigenvalue weighted by molar-refractivity contribution is 0.0695. The SMILES string of the molecule is CCc1ccccc1N1CCN(c2ccc3c(=O)c(C(=O)O)cn(-c4ccc(Cn5cncn5)cc4)c3c2)CC1. The molecule has 0 spiro atoms. The molecule has 5 aromatic rings. The molecule has 1 aliphatic rings. The Morgan fingerprint density at radius 3 is 2.35 bits per heavy atom. The van der Waals surface area contributed by atoms with Crippen LogP contribution in [-0.2, 0) is 13.0 Å². The van der Waals surface area contributed by atoms with Crippen LogP contribution in [0.1, 0.15) is 28.4 Å². The first-order valence-corrected chi connectivity index (χ1v) is 13.4. The molecule has 0 radical (unpaired) electrons. The number of aryl methyl sites for hydroxylation is 1. The van der Waals surface area contributed by atoms with Gasteiger partial charge in [0, 0.05) is 54.8 Å². The molecular formula is C31H30N6O3. The maximum Gasteiger partial charge on any atom is 0.341 e. The summed E-state index contributed by atoms with van der Waals surface area (Å²) in [6.07, 6.45) is 5.59. The van der Waals surface area contributed by atoms with Crippen molar-refractivity contribution in [3.63, 3.8) is 0 Å². The molecule has 0 saturated carbocycles. The summed E-state index contributed by atoms with van der Waals surface area (Å²) in [5.41, 5.74) is 5.40. The number of hydrogen-bond donors (Lipinski definition) is 1. The molecule has 1 aliphatic heterocycles. The molecule has 0 aliphatic carbocycles. The van der Waals surface area contributed by atoms with Crippen molar-refractivity contribution >= 4 is 28.2 Å². The minimum atomic E-state index is -1.24. The van der Waals surface area contributed by atoms with E-state index in [9.17, 15) is 14.7 Å².